The van der Waals surface area contributed by atoms with Crippen LogP contribution in [0.2, 0.25) is 5.02 Å². The molecule has 0 saturated heterocycles. The summed E-state index contributed by atoms with van der Waals surface area (Å²) in [5.74, 6) is 0.267. The van der Waals surface area contributed by atoms with Gasteiger partial charge in [0.1, 0.15) is 5.75 Å². The van der Waals surface area contributed by atoms with Crippen molar-refractivity contribution in [1.82, 2.24) is 15.0 Å². The summed E-state index contributed by atoms with van der Waals surface area (Å²) in [7, 11) is 1.55. The highest BCUT2D eigenvalue weighted by molar-refractivity contribution is 6.32. The minimum absolute atomic E-state index is 0.262. The second kappa shape index (κ2) is 7.17. The molecule has 0 unspecified atom stereocenters. The third-order valence-corrected chi connectivity index (χ3v) is 4.43. The Morgan fingerprint density at radius 3 is 2.62 bits per heavy atom. The predicted molar refractivity (Wildman–Crippen MR) is 102 cm³/mol. The Bertz CT molecular complexity index is 982. The Kier molecular flexibility index (Phi) is 4.95. The van der Waals surface area contributed by atoms with Gasteiger partial charge < -0.3 is 10.1 Å². The van der Waals surface area contributed by atoms with Crippen LogP contribution in [-0.4, -0.2) is 28.0 Å². The minimum Gasteiger partial charge on any atom is -0.495 e. The third-order valence-electron chi connectivity index (χ3n) is 4.13. The van der Waals surface area contributed by atoms with Crippen LogP contribution in [0.3, 0.4) is 0 Å². The maximum Gasteiger partial charge on any atom is 0.278 e. The second-order valence-electron chi connectivity index (χ2n) is 6.03. The summed E-state index contributed by atoms with van der Waals surface area (Å²) in [6.07, 6.45) is 0. The molecule has 1 amide bonds. The van der Waals surface area contributed by atoms with Crippen LogP contribution in [0.15, 0.2) is 36.4 Å². The second-order valence-corrected chi connectivity index (χ2v) is 6.43. The molecular formula is C19H19ClN4O2. The number of nitrogens with zero attached hydrogens (tertiary/aromatic N) is 3. The molecule has 0 saturated carbocycles. The van der Waals surface area contributed by atoms with Gasteiger partial charge in [0.2, 0.25) is 0 Å². The maximum absolute atomic E-state index is 12.6. The molecule has 26 heavy (non-hydrogen) atoms. The van der Waals surface area contributed by atoms with Crippen molar-refractivity contribution in [2.75, 3.05) is 12.4 Å². The summed E-state index contributed by atoms with van der Waals surface area (Å²) in [5.41, 5.74) is 4.39. The molecule has 0 atom stereocenters. The molecule has 0 aliphatic carbocycles. The summed E-state index contributed by atoms with van der Waals surface area (Å²) >= 11 is 6.17. The number of rotatable bonds is 4. The van der Waals surface area contributed by atoms with E-state index in [0.29, 0.717) is 22.2 Å². The number of benzene rings is 2. The largest absolute Gasteiger partial charge is 0.495 e. The van der Waals surface area contributed by atoms with Crippen molar-refractivity contribution in [2.24, 2.45) is 0 Å². The van der Waals surface area contributed by atoms with Crippen LogP contribution in [-0.2, 0) is 0 Å². The number of carbonyl (C=O) groups excluding carboxylic acids is 1. The first-order chi connectivity index (χ1) is 12.4. The lowest BCUT2D eigenvalue weighted by molar-refractivity contribution is 0.102. The number of methoxy groups -OCH3 is 1. The summed E-state index contributed by atoms with van der Waals surface area (Å²) < 4.78 is 6.73. The first-order valence-corrected chi connectivity index (χ1v) is 8.43. The fraction of sp³-hybridized carbons (Fsp3) is 0.211. The number of ether oxygens (including phenoxy) is 1. The lowest BCUT2D eigenvalue weighted by Gasteiger charge is -2.09. The number of carbonyl (C=O) groups is 1. The molecule has 134 valence electrons. The number of aromatic nitrogens is 3. The van der Waals surface area contributed by atoms with Crippen LogP contribution >= 0.6 is 11.6 Å². The monoisotopic (exact) mass is 370 g/mol. The van der Waals surface area contributed by atoms with E-state index in [1.165, 1.54) is 0 Å². The SMILES string of the molecule is COc1ccc(-n2nnc(C(=O)Nc3cc(C)ccc3C)c2C)cc1Cl. The molecule has 3 aromatic rings. The molecule has 3 rings (SSSR count). The van der Waals surface area contributed by atoms with Crippen LogP contribution in [0.25, 0.3) is 5.69 Å². The fourth-order valence-electron chi connectivity index (χ4n) is 2.62. The van der Waals surface area contributed by atoms with E-state index in [1.54, 1.807) is 36.9 Å². The van der Waals surface area contributed by atoms with Gasteiger partial charge in [-0.2, -0.15) is 0 Å². The van der Waals surface area contributed by atoms with Gasteiger partial charge in [-0.1, -0.05) is 28.9 Å². The van der Waals surface area contributed by atoms with Gasteiger partial charge in [0.05, 0.1) is 23.5 Å². The zero-order chi connectivity index (χ0) is 18.8. The van der Waals surface area contributed by atoms with E-state index in [2.05, 4.69) is 15.6 Å². The Morgan fingerprint density at radius 2 is 1.92 bits per heavy atom. The molecule has 0 fully saturated rings. The first kappa shape index (κ1) is 17.9. The first-order valence-electron chi connectivity index (χ1n) is 8.05. The van der Waals surface area contributed by atoms with Crippen LogP contribution in [0.4, 0.5) is 5.69 Å². The van der Waals surface area contributed by atoms with Crippen molar-refractivity contribution in [3.63, 3.8) is 0 Å². The number of aryl methyl sites for hydroxylation is 2. The van der Waals surface area contributed by atoms with Crippen LogP contribution in [0.5, 0.6) is 5.75 Å². The van der Waals surface area contributed by atoms with Gasteiger partial charge in [0.15, 0.2) is 5.69 Å². The molecule has 0 radical (unpaired) electrons. The van der Waals surface area contributed by atoms with Crippen LogP contribution in [0.1, 0.15) is 27.3 Å². The van der Waals surface area contributed by atoms with Crippen molar-refractivity contribution >= 4 is 23.2 Å². The number of nitrogens with one attached hydrogen (secondary N) is 1. The molecule has 1 heterocycles. The van der Waals surface area contributed by atoms with Gasteiger partial charge in [-0.25, -0.2) is 4.68 Å². The molecule has 6 nitrogen and oxygen atoms in total. The zero-order valence-electron chi connectivity index (χ0n) is 15.0. The van der Waals surface area contributed by atoms with Crippen molar-refractivity contribution in [3.05, 3.63) is 63.9 Å². The molecule has 0 spiro atoms. The van der Waals surface area contributed by atoms with Crippen LogP contribution in [0, 0.1) is 20.8 Å². The Labute approximate surface area is 156 Å². The van der Waals surface area contributed by atoms with E-state index >= 15 is 0 Å². The summed E-state index contributed by atoms with van der Waals surface area (Å²) in [6.45, 7) is 5.71. The average molecular weight is 371 g/mol. The van der Waals surface area contributed by atoms with E-state index in [4.69, 9.17) is 16.3 Å². The van der Waals surface area contributed by atoms with Gasteiger partial charge in [-0.3, -0.25) is 4.79 Å². The maximum atomic E-state index is 12.6. The quantitative estimate of drug-likeness (QED) is 0.750. The molecule has 0 aliphatic rings. The van der Waals surface area contributed by atoms with Crippen molar-refractivity contribution in [1.29, 1.82) is 0 Å². The third kappa shape index (κ3) is 3.41. The zero-order valence-corrected chi connectivity index (χ0v) is 15.8. The molecule has 1 aromatic heterocycles. The lowest BCUT2D eigenvalue weighted by Crippen LogP contribution is -2.15. The molecule has 1 N–H and O–H groups in total. The van der Waals surface area contributed by atoms with Gasteiger partial charge in [-0.05, 0) is 56.2 Å². The van der Waals surface area contributed by atoms with E-state index in [-0.39, 0.29) is 11.6 Å². The highest BCUT2D eigenvalue weighted by atomic mass is 35.5. The Morgan fingerprint density at radius 1 is 1.15 bits per heavy atom. The Balaban J connectivity index is 1.90. The highest BCUT2D eigenvalue weighted by Crippen LogP contribution is 2.27. The Hall–Kier alpha value is -2.86. The normalized spacial score (nSPS) is 10.7. The van der Waals surface area contributed by atoms with Crippen molar-refractivity contribution < 1.29 is 9.53 Å². The highest BCUT2D eigenvalue weighted by Gasteiger charge is 2.18. The standard InChI is InChI=1S/C19H19ClN4O2/c1-11-5-6-12(2)16(9-11)21-19(25)18-13(3)24(23-22-18)14-7-8-17(26-4)15(20)10-14/h5-10H,1-4H3,(H,21,25). The van der Waals surface area contributed by atoms with Gasteiger partial charge in [0.25, 0.3) is 5.91 Å². The number of amides is 1. The fourth-order valence-corrected chi connectivity index (χ4v) is 2.88. The average Bonchev–Trinajstić information content (AvgIpc) is 2.99. The topological polar surface area (TPSA) is 69.0 Å². The molecule has 7 heteroatoms. The smallest absolute Gasteiger partial charge is 0.278 e. The van der Waals surface area contributed by atoms with Crippen LogP contribution < -0.4 is 10.1 Å². The van der Waals surface area contributed by atoms with Crippen molar-refractivity contribution in [3.8, 4) is 11.4 Å². The lowest BCUT2D eigenvalue weighted by atomic mass is 10.1. The van der Waals surface area contributed by atoms with E-state index in [1.807, 2.05) is 32.0 Å². The van der Waals surface area contributed by atoms with Gasteiger partial charge in [0, 0.05) is 5.69 Å². The molecular weight excluding hydrogens is 352 g/mol. The number of anilines is 1. The number of hydrogen-bond acceptors (Lipinski definition) is 4. The number of hydrogen-bond donors (Lipinski definition) is 1. The molecule has 2 aromatic carbocycles. The van der Waals surface area contributed by atoms with Gasteiger partial charge >= 0.3 is 0 Å². The summed E-state index contributed by atoms with van der Waals surface area (Å²) in [4.78, 5) is 12.6. The molecule has 0 bridgehead atoms. The van der Waals surface area contributed by atoms with E-state index < -0.39 is 0 Å². The van der Waals surface area contributed by atoms with E-state index in [9.17, 15) is 4.79 Å². The minimum atomic E-state index is -0.304. The number of halogens is 1. The van der Waals surface area contributed by atoms with Gasteiger partial charge in [-0.15, -0.1) is 5.10 Å². The predicted octanol–water partition coefficient (Wildman–Crippen LogP) is 4.11. The summed E-state index contributed by atoms with van der Waals surface area (Å²) in [5, 5.41) is 11.5. The van der Waals surface area contributed by atoms with E-state index in [0.717, 1.165) is 16.8 Å². The van der Waals surface area contributed by atoms with Crippen molar-refractivity contribution in [2.45, 2.75) is 20.8 Å². The summed E-state index contributed by atoms with van der Waals surface area (Å²) in [6, 6.07) is 11.2. The molecule has 0 aliphatic heterocycles.